The number of rotatable bonds is 9. The maximum absolute atomic E-state index is 13.1. The summed E-state index contributed by atoms with van der Waals surface area (Å²) in [5, 5.41) is 6.97. The number of aromatic nitrogens is 2. The molecule has 1 aromatic heterocycles. The number of carbonyl (C=O) groups excluding carboxylic acids is 1. The molecule has 0 bridgehead atoms. The first-order chi connectivity index (χ1) is 16.2. The van der Waals surface area contributed by atoms with Gasteiger partial charge in [-0.1, -0.05) is 31.1 Å². The zero-order valence-corrected chi connectivity index (χ0v) is 20.4. The minimum absolute atomic E-state index is 0.0191. The zero-order chi connectivity index (χ0) is 24.5. The zero-order valence-electron chi connectivity index (χ0n) is 19.6. The molecule has 10 heteroatoms. The Bertz CT molecular complexity index is 1270. The first kappa shape index (κ1) is 23.7. The molecule has 1 N–H and O–H groups in total. The Kier molecular flexibility index (Phi) is 6.60. The number of hydrogen-bond donors (Lipinski definition) is 1. The van der Waals surface area contributed by atoms with Crippen molar-refractivity contribution in [3.05, 3.63) is 65.8 Å². The molecule has 0 saturated heterocycles. The van der Waals surface area contributed by atoms with Gasteiger partial charge in [0.25, 0.3) is 15.9 Å². The summed E-state index contributed by atoms with van der Waals surface area (Å²) in [6.07, 6.45) is 2.11. The molecule has 180 valence electrons. The van der Waals surface area contributed by atoms with Gasteiger partial charge in [-0.15, -0.1) is 0 Å². The van der Waals surface area contributed by atoms with E-state index in [0.717, 1.165) is 17.1 Å². The van der Waals surface area contributed by atoms with E-state index >= 15 is 0 Å². The number of nitrogens with zero attached hydrogens (tertiary/aromatic N) is 3. The average molecular weight is 485 g/mol. The van der Waals surface area contributed by atoms with Crippen molar-refractivity contribution in [1.82, 2.24) is 15.5 Å². The van der Waals surface area contributed by atoms with Gasteiger partial charge in [-0.05, 0) is 55.2 Å². The number of carbonyl (C=O) groups is 1. The molecule has 34 heavy (non-hydrogen) atoms. The fraction of sp³-hybridized carbons (Fsp3) is 0.375. The SMILES string of the molecule is COc1ccccc1N(C)S(=O)(=O)c1ccc(C(=O)NC(c2nc(C3CC3)no2)C(C)C)cc1. The number of amides is 1. The Morgan fingerprint density at radius 2 is 1.82 bits per heavy atom. The van der Waals surface area contributed by atoms with Crippen molar-refractivity contribution in [3.8, 4) is 5.75 Å². The third-order valence-corrected chi connectivity index (χ3v) is 7.60. The van der Waals surface area contributed by atoms with Crippen molar-refractivity contribution in [3.63, 3.8) is 0 Å². The third kappa shape index (κ3) is 4.77. The topological polar surface area (TPSA) is 115 Å². The van der Waals surface area contributed by atoms with Crippen LogP contribution in [0.5, 0.6) is 5.75 Å². The Labute approximate surface area is 199 Å². The average Bonchev–Trinajstić information content (AvgIpc) is 3.58. The van der Waals surface area contributed by atoms with Crippen LogP contribution in [-0.4, -0.2) is 38.6 Å². The van der Waals surface area contributed by atoms with Crippen LogP contribution in [-0.2, 0) is 10.0 Å². The molecule has 0 spiro atoms. The van der Waals surface area contributed by atoms with Crippen LogP contribution < -0.4 is 14.4 Å². The second-order valence-electron chi connectivity index (χ2n) is 8.63. The number of nitrogens with one attached hydrogen (secondary N) is 1. The maximum atomic E-state index is 13.1. The van der Waals surface area contributed by atoms with Crippen LogP contribution in [0.3, 0.4) is 0 Å². The summed E-state index contributed by atoms with van der Waals surface area (Å²) in [4.78, 5) is 17.4. The number of methoxy groups -OCH3 is 1. The molecule has 9 nitrogen and oxygen atoms in total. The monoisotopic (exact) mass is 484 g/mol. The number of anilines is 1. The summed E-state index contributed by atoms with van der Waals surface area (Å²) in [5.41, 5.74) is 0.739. The number of para-hydroxylation sites is 2. The van der Waals surface area contributed by atoms with Gasteiger partial charge < -0.3 is 14.6 Å². The van der Waals surface area contributed by atoms with Gasteiger partial charge in [0.2, 0.25) is 5.89 Å². The van der Waals surface area contributed by atoms with Crippen LogP contribution in [0.15, 0.2) is 57.9 Å². The van der Waals surface area contributed by atoms with Gasteiger partial charge in [0.1, 0.15) is 11.8 Å². The van der Waals surface area contributed by atoms with Gasteiger partial charge >= 0.3 is 0 Å². The molecule has 1 unspecified atom stereocenters. The molecule has 1 fully saturated rings. The van der Waals surface area contributed by atoms with Crippen molar-refractivity contribution < 1.29 is 22.5 Å². The molecule has 1 aliphatic rings. The van der Waals surface area contributed by atoms with Gasteiger partial charge in [-0.2, -0.15) is 4.98 Å². The Morgan fingerprint density at radius 3 is 2.44 bits per heavy atom. The molecular weight excluding hydrogens is 456 g/mol. The van der Waals surface area contributed by atoms with Crippen LogP contribution in [0.25, 0.3) is 0 Å². The summed E-state index contributed by atoms with van der Waals surface area (Å²) in [6, 6.07) is 12.2. The summed E-state index contributed by atoms with van der Waals surface area (Å²) in [6.45, 7) is 3.91. The van der Waals surface area contributed by atoms with E-state index in [9.17, 15) is 13.2 Å². The Hall–Kier alpha value is -3.40. The molecule has 3 aromatic rings. The summed E-state index contributed by atoms with van der Waals surface area (Å²) in [5.74, 6) is 1.52. The molecule has 2 aromatic carbocycles. The van der Waals surface area contributed by atoms with E-state index in [0.29, 0.717) is 34.6 Å². The van der Waals surface area contributed by atoms with Crippen LogP contribution in [0.4, 0.5) is 5.69 Å². The fourth-order valence-electron chi connectivity index (χ4n) is 3.57. The number of benzene rings is 2. The highest BCUT2D eigenvalue weighted by molar-refractivity contribution is 7.92. The minimum atomic E-state index is -3.86. The normalized spacial score (nSPS) is 14.6. The van der Waals surface area contributed by atoms with Crippen LogP contribution in [0, 0.1) is 5.92 Å². The standard InChI is InChI=1S/C24H28N4O5S/c1-15(2)21(24-26-22(27-33-24)16-9-10-16)25-23(29)17-11-13-18(14-12-17)34(30,31)28(3)19-7-5-6-8-20(19)32-4/h5-8,11-16,21H,9-10H2,1-4H3,(H,25,29). The van der Waals surface area contributed by atoms with E-state index in [1.165, 1.54) is 38.4 Å². The third-order valence-electron chi connectivity index (χ3n) is 5.82. The highest BCUT2D eigenvalue weighted by Crippen LogP contribution is 2.38. The van der Waals surface area contributed by atoms with E-state index < -0.39 is 16.1 Å². The molecule has 1 heterocycles. The summed E-state index contributed by atoms with van der Waals surface area (Å²) in [7, 11) is -0.914. The number of sulfonamides is 1. The van der Waals surface area contributed by atoms with Crippen molar-refractivity contribution in [2.24, 2.45) is 5.92 Å². The van der Waals surface area contributed by atoms with Crippen LogP contribution in [0.1, 0.15) is 60.7 Å². The second-order valence-corrected chi connectivity index (χ2v) is 10.6. The van der Waals surface area contributed by atoms with Crippen molar-refractivity contribution in [1.29, 1.82) is 0 Å². The van der Waals surface area contributed by atoms with Crippen molar-refractivity contribution >= 4 is 21.6 Å². The quantitative estimate of drug-likeness (QED) is 0.490. The molecule has 0 radical (unpaired) electrons. The van der Waals surface area contributed by atoms with Gasteiger partial charge in [0.05, 0.1) is 17.7 Å². The molecule has 1 atom stereocenters. The van der Waals surface area contributed by atoms with Crippen molar-refractivity contribution in [2.45, 2.75) is 43.5 Å². The number of hydrogen-bond acceptors (Lipinski definition) is 7. The molecule has 1 aliphatic carbocycles. The number of ether oxygens (including phenoxy) is 1. The smallest absolute Gasteiger partial charge is 0.264 e. The highest BCUT2D eigenvalue weighted by atomic mass is 32.2. The van der Waals surface area contributed by atoms with E-state index in [2.05, 4.69) is 15.5 Å². The first-order valence-electron chi connectivity index (χ1n) is 11.1. The summed E-state index contributed by atoms with van der Waals surface area (Å²) >= 11 is 0. The van der Waals surface area contributed by atoms with Gasteiger partial charge in [0.15, 0.2) is 5.82 Å². The van der Waals surface area contributed by atoms with E-state index in [1.54, 1.807) is 24.3 Å². The predicted octanol–water partition coefficient (Wildman–Crippen LogP) is 3.91. The lowest BCUT2D eigenvalue weighted by Gasteiger charge is -2.22. The lowest BCUT2D eigenvalue weighted by Crippen LogP contribution is -2.32. The van der Waals surface area contributed by atoms with Crippen LogP contribution >= 0.6 is 0 Å². The van der Waals surface area contributed by atoms with Gasteiger partial charge in [0, 0.05) is 18.5 Å². The second kappa shape index (κ2) is 9.46. The Morgan fingerprint density at radius 1 is 1.15 bits per heavy atom. The largest absolute Gasteiger partial charge is 0.495 e. The van der Waals surface area contributed by atoms with E-state index in [4.69, 9.17) is 9.26 Å². The summed E-state index contributed by atoms with van der Waals surface area (Å²) < 4.78 is 38.1. The van der Waals surface area contributed by atoms with Crippen molar-refractivity contribution in [2.75, 3.05) is 18.5 Å². The lowest BCUT2D eigenvalue weighted by atomic mass is 10.0. The minimum Gasteiger partial charge on any atom is -0.495 e. The van der Waals surface area contributed by atoms with E-state index in [1.807, 2.05) is 13.8 Å². The molecule has 1 amide bonds. The fourth-order valence-corrected chi connectivity index (χ4v) is 4.78. The molecular formula is C24H28N4O5S. The van der Waals surface area contributed by atoms with Gasteiger partial charge in [-0.25, -0.2) is 8.42 Å². The Balaban J connectivity index is 1.51. The first-order valence-corrected chi connectivity index (χ1v) is 12.5. The molecule has 0 aliphatic heterocycles. The van der Waals surface area contributed by atoms with E-state index in [-0.39, 0.29) is 16.7 Å². The molecule has 4 rings (SSSR count). The molecule has 1 saturated carbocycles. The van der Waals surface area contributed by atoms with Gasteiger partial charge in [-0.3, -0.25) is 9.10 Å². The highest BCUT2D eigenvalue weighted by Gasteiger charge is 2.32. The lowest BCUT2D eigenvalue weighted by molar-refractivity contribution is 0.0914. The van der Waals surface area contributed by atoms with Crippen LogP contribution in [0.2, 0.25) is 0 Å². The predicted molar refractivity (Wildman–Crippen MR) is 126 cm³/mol. The maximum Gasteiger partial charge on any atom is 0.264 e.